The summed E-state index contributed by atoms with van der Waals surface area (Å²) in [5.74, 6) is -5.33. The molecule has 0 spiro atoms. The standard InChI is InChI=1S/C9H10F2N2O2/c1-6(2)15-8(14)9(10,11)7-3-4-12-5-13-7/h3-6H,1-2H3. The van der Waals surface area contributed by atoms with E-state index in [1.165, 1.54) is 13.8 Å². The lowest BCUT2D eigenvalue weighted by molar-refractivity contribution is -0.178. The fourth-order valence-corrected chi connectivity index (χ4v) is 0.869. The largest absolute Gasteiger partial charge is 0.458 e. The minimum atomic E-state index is -3.73. The summed E-state index contributed by atoms with van der Waals surface area (Å²) in [5, 5.41) is 0. The molecule has 0 fully saturated rings. The summed E-state index contributed by atoms with van der Waals surface area (Å²) in [6, 6.07) is 0.974. The summed E-state index contributed by atoms with van der Waals surface area (Å²) in [7, 11) is 0. The van der Waals surface area contributed by atoms with Crippen LogP contribution in [0.15, 0.2) is 18.6 Å². The average molecular weight is 216 g/mol. The molecule has 0 saturated heterocycles. The Morgan fingerprint density at radius 1 is 1.53 bits per heavy atom. The second-order valence-electron chi connectivity index (χ2n) is 3.12. The zero-order valence-corrected chi connectivity index (χ0v) is 8.28. The minimum Gasteiger partial charge on any atom is -0.458 e. The normalized spacial score (nSPS) is 11.5. The molecule has 6 heteroatoms. The second kappa shape index (κ2) is 4.29. The Morgan fingerprint density at radius 2 is 2.20 bits per heavy atom. The van der Waals surface area contributed by atoms with Crippen LogP contribution in [0.4, 0.5) is 8.78 Å². The summed E-state index contributed by atoms with van der Waals surface area (Å²) >= 11 is 0. The quantitative estimate of drug-likeness (QED) is 0.719. The smallest absolute Gasteiger partial charge is 0.384 e. The highest BCUT2D eigenvalue weighted by Gasteiger charge is 2.44. The molecule has 0 aromatic carbocycles. The number of carbonyl (C=O) groups excluding carboxylic acids is 1. The molecule has 0 unspecified atom stereocenters. The number of carbonyl (C=O) groups is 1. The van der Waals surface area contributed by atoms with Gasteiger partial charge in [-0.05, 0) is 19.9 Å². The fourth-order valence-electron chi connectivity index (χ4n) is 0.869. The van der Waals surface area contributed by atoms with Crippen LogP contribution in [0.5, 0.6) is 0 Å². The van der Waals surface area contributed by atoms with Gasteiger partial charge in [-0.3, -0.25) is 0 Å². The molecule has 0 radical (unpaired) electrons. The van der Waals surface area contributed by atoms with Gasteiger partial charge in [0.15, 0.2) is 0 Å². The average Bonchev–Trinajstić information content (AvgIpc) is 2.18. The SMILES string of the molecule is CC(C)OC(=O)C(F)(F)c1ccncn1. The van der Waals surface area contributed by atoms with Gasteiger partial charge in [0.1, 0.15) is 12.0 Å². The monoisotopic (exact) mass is 216 g/mol. The van der Waals surface area contributed by atoms with Crippen molar-refractivity contribution in [1.29, 1.82) is 0 Å². The molecule has 1 rings (SSSR count). The molecule has 0 N–H and O–H groups in total. The summed E-state index contributed by atoms with van der Waals surface area (Å²) in [4.78, 5) is 17.8. The van der Waals surface area contributed by atoms with Gasteiger partial charge in [-0.2, -0.15) is 8.78 Å². The van der Waals surface area contributed by atoms with E-state index in [0.29, 0.717) is 0 Å². The number of aromatic nitrogens is 2. The van der Waals surface area contributed by atoms with E-state index in [0.717, 1.165) is 18.6 Å². The molecule has 1 aromatic rings. The number of esters is 1. The first kappa shape index (κ1) is 11.5. The molecule has 0 bridgehead atoms. The van der Waals surface area contributed by atoms with E-state index in [1.807, 2.05) is 0 Å². The molecular weight excluding hydrogens is 206 g/mol. The Kier molecular flexibility index (Phi) is 3.28. The second-order valence-corrected chi connectivity index (χ2v) is 3.12. The number of hydrogen-bond donors (Lipinski definition) is 0. The molecule has 1 heterocycles. The minimum absolute atomic E-state index is 0.592. The van der Waals surface area contributed by atoms with Gasteiger partial charge in [0, 0.05) is 6.20 Å². The van der Waals surface area contributed by atoms with Crippen LogP contribution in [0.2, 0.25) is 0 Å². The maximum absolute atomic E-state index is 13.3. The third-order valence-corrected chi connectivity index (χ3v) is 1.50. The van der Waals surface area contributed by atoms with Crippen LogP contribution in [-0.2, 0) is 15.5 Å². The molecule has 4 nitrogen and oxygen atoms in total. The topological polar surface area (TPSA) is 52.1 Å². The van der Waals surface area contributed by atoms with Crippen molar-refractivity contribution in [3.63, 3.8) is 0 Å². The van der Waals surface area contributed by atoms with Gasteiger partial charge >= 0.3 is 11.9 Å². The lowest BCUT2D eigenvalue weighted by atomic mass is 10.2. The first-order valence-corrected chi connectivity index (χ1v) is 4.30. The van der Waals surface area contributed by atoms with Crippen LogP contribution in [0.25, 0.3) is 0 Å². The zero-order chi connectivity index (χ0) is 11.5. The van der Waals surface area contributed by atoms with E-state index in [9.17, 15) is 13.6 Å². The van der Waals surface area contributed by atoms with Crippen molar-refractivity contribution in [3.05, 3.63) is 24.3 Å². The molecule has 15 heavy (non-hydrogen) atoms. The van der Waals surface area contributed by atoms with Gasteiger partial charge in [-0.15, -0.1) is 0 Å². The summed E-state index contributed by atoms with van der Waals surface area (Å²) in [6.45, 7) is 2.99. The van der Waals surface area contributed by atoms with E-state index < -0.39 is 23.7 Å². The highest BCUT2D eigenvalue weighted by atomic mass is 19.3. The maximum Gasteiger partial charge on any atom is 0.384 e. The summed E-state index contributed by atoms with van der Waals surface area (Å²) < 4.78 is 31.1. The van der Waals surface area contributed by atoms with Crippen LogP contribution in [0.3, 0.4) is 0 Å². The highest BCUT2D eigenvalue weighted by molar-refractivity contribution is 5.78. The third-order valence-electron chi connectivity index (χ3n) is 1.50. The predicted octanol–water partition coefficient (Wildman–Crippen LogP) is 1.52. The first-order valence-electron chi connectivity index (χ1n) is 4.30. The van der Waals surface area contributed by atoms with Crippen LogP contribution >= 0.6 is 0 Å². The first-order chi connectivity index (χ1) is 6.94. The molecule has 0 aliphatic heterocycles. The zero-order valence-electron chi connectivity index (χ0n) is 8.28. The van der Waals surface area contributed by atoms with Gasteiger partial charge in [0.25, 0.3) is 0 Å². The number of hydrogen-bond acceptors (Lipinski definition) is 4. The molecule has 0 aliphatic rings. The predicted molar refractivity (Wildman–Crippen MR) is 47.2 cm³/mol. The molecule has 0 saturated carbocycles. The van der Waals surface area contributed by atoms with Crippen LogP contribution in [0, 0.1) is 0 Å². The Labute approximate surface area is 85.3 Å². The van der Waals surface area contributed by atoms with Crippen molar-refractivity contribution in [3.8, 4) is 0 Å². The van der Waals surface area contributed by atoms with Crippen molar-refractivity contribution < 1.29 is 18.3 Å². The fraction of sp³-hybridized carbons (Fsp3) is 0.444. The molecule has 0 atom stereocenters. The molecule has 0 amide bonds. The number of alkyl halides is 2. The van der Waals surface area contributed by atoms with Gasteiger partial charge in [-0.25, -0.2) is 14.8 Å². The third kappa shape index (κ3) is 2.68. The molecule has 1 aromatic heterocycles. The number of rotatable bonds is 3. The number of ether oxygens (including phenoxy) is 1. The van der Waals surface area contributed by atoms with Gasteiger partial charge < -0.3 is 4.74 Å². The Balaban J connectivity index is 2.88. The Bertz CT molecular complexity index is 341. The van der Waals surface area contributed by atoms with Crippen molar-refractivity contribution in [1.82, 2.24) is 9.97 Å². The van der Waals surface area contributed by atoms with E-state index in [4.69, 9.17) is 0 Å². The Hall–Kier alpha value is -1.59. The van der Waals surface area contributed by atoms with E-state index in [2.05, 4.69) is 14.7 Å². The van der Waals surface area contributed by atoms with Crippen molar-refractivity contribution in [2.45, 2.75) is 25.9 Å². The molecule has 0 aliphatic carbocycles. The summed E-state index contributed by atoms with van der Waals surface area (Å²) in [6.07, 6.45) is 1.50. The number of nitrogens with zero attached hydrogens (tertiary/aromatic N) is 2. The highest BCUT2D eigenvalue weighted by Crippen LogP contribution is 2.27. The maximum atomic E-state index is 13.3. The van der Waals surface area contributed by atoms with Crippen molar-refractivity contribution >= 4 is 5.97 Å². The van der Waals surface area contributed by atoms with E-state index in [-0.39, 0.29) is 0 Å². The van der Waals surface area contributed by atoms with Gasteiger partial charge in [-0.1, -0.05) is 0 Å². The van der Waals surface area contributed by atoms with Crippen LogP contribution in [-0.4, -0.2) is 22.0 Å². The Morgan fingerprint density at radius 3 is 2.67 bits per heavy atom. The van der Waals surface area contributed by atoms with Crippen LogP contribution < -0.4 is 0 Å². The lowest BCUT2D eigenvalue weighted by Crippen LogP contribution is -2.31. The number of halogens is 2. The van der Waals surface area contributed by atoms with Gasteiger partial charge in [0.2, 0.25) is 0 Å². The lowest BCUT2D eigenvalue weighted by Gasteiger charge is -2.15. The van der Waals surface area contributed by atoms with Crippen molar-refractivity contribution in [2.75, 3.05) is 0 Å². The van der Waals surface area contributed by atoms with E-state index in [1.54, 1.807) is 0 Å². The molecule has 82 valence electrons. The van der Waals surface area contributed by atoms with Crippen molar-refractivity contribution in [2.24, 2.45) is 0 Å². The molecular formula is C9H10F2N2O2. The van der Waals surface area contributed by atoms with Crippen LogP contribution in [0.1, 0.15) is 19.5 Å². The summed E-state index contributed by atoms with van der Waals surface area (Å²) in [5.41, 5.74) is -0.664. The van der Waals surface area contributed by atoms with E-state index >= 15 is 0 Å². The van der Waals surface area contributed by atoms with Gasteiger partial charge in [0.05, 0.1) is 6.10 Å².